The molecule has 2 aromatic carbocycles. The van der Waals surface area contributed by atoms with E-state index in [2.05, 4.69) is 25.9 Å². The van der Waals surface area contributed by atoms with Gasteiger partial charge >= 0.3 is 0 Å². The largest absolute Gasteiger partial charge is 0.495 e. The normalized spacial score (nSPS) is 10.3. The van der Waals surface area contributed by atoms with Crippen molar-refractivity contribution in [3.05, 3.63) is 59.4 Å². The number of nitrogens with one attached hydrogen (secondary N) is 3. The van der Waals surface area contributed by atoms with E-state index < -0.39 is 0 Å². The molecule has 3 aromatic rings. The second-order valence-electron chi connectivity index (χ2n) is 6.05. The van der Waals surface area contributed by atoms with Gasteiger partial charge in [-0.3, -0.25) is 4.79 Å². The number of rotatable bonds is 6. The molecule has 0 saturated carbocycles. The van der Waals surface area contributed by atoms with E-state index in [9.17, 15) is 4.79 Å². The number of ether oxygens (including phenoxy) is 1. The van der Waals surface area contributed by atoms with Crippen LogP contribution in [0, 0.1) is 6.92 Å². The summed E-state index contributed by atoms with van der Waals surface area (Å²) in [4.78, 5) is 20.0. The molecule has 0 bridgehead atoms. The molecule has 0 atom stereocenters. The van der Waals surface area contributed by atoms with Crippen LogP contribution in [0.15, 0.2) is 48.5 Å². The number of aryl methyl sites for hydroxylation is 1. The van der Waals surface area contributed by atoms with E-state index in [1.54, 1.807) is 25.3 Å². The first-order valence-electron chi connectivity index (χ1n) is 8.54. The van der Waals surface area contributed by atoms with Crippen molar-refractivity contribution in [3.8, 4) is 5.75 Å². The average molecular weight is 398 g/mol. The summed E-state index contributed by atoms with van der Waals surface area (Å²) >= 11 is 6.18. The molecule has 0 spiro atoms. The molecule has 8 heteroatoms. The Balaban J connectivity index is 1.80. The summed E-state index contributed by atoms with van der Waals surface area (Å²) in [7, 11) is 1.57. The van der Waals surface area contributed by atoms with Crippen LogP contribution < -0.4 is 20.7 Å². The Bertz CT molecular complexity index is 1010. The van der Waals surface area contributed by atoms with E-state index in [1.165, 1.54) is 6.92 Å². The first-order valence-corrected chi connectivity index (χ1v) is 8.91. The Kier molecular flexibility index (Phi) is 5.96. The second-order valence-corrected chi connectivity index (χ2v) is 6.45. The summed E-state index contributed by atoms with van der Waals surface area (Å²) in [6.07, 6.45) is 0. The molecule has 3 rings (SSSR count). The van der Waals surface area contributed by atoms with E-state index in [-0.39, 0.29) is 5.91 Å². The van der Waals surface area contributed by atoms with E-state index in [0.29, 0.717) is 33.9 Å². The van der Waals surface area contributed by atoms with Crippen molar-refractivity contribution in [3.63, 3.8) is 0 Å². The lowest BCUT2D eigenvalue weighted by Crippen LogP contribution is -2.06. The van der Waals surface area contributed by atoms with Crippen LogP contribution >= 0.6 is 11.6 Å². The predicted molar refractivity (Wildman–Crippen MR) is 112 cm³/mol. The molecule has 7 nitrogen and oxygen atoms in total. The summed E-state index contributed by atoms with van der Waals surface area (Å²) in [5.74, 6) is 2.32. The van der Waals surface area contributed by atoms with E-state index in [0.717, 1.165) is 11.4 Å². The lowest BCUT2D eigenvalue weighted by Gasteiger charge is -2.12. The highest BCUT2D eigenvalue weighted by Gasteiger charge is 2.06. The van der Waals surface area contributed by atoms with Crippen LogP contribution in [-0.2, 0) is 4.79 Å². The number of hydrogen-bond acceptors (Lipinski definition) is 6. The quantitative estimate of drug-likeness (QED) is 0.548. The summed E-state index contributed by atoms with van der Waals surface area (Å²) < 4.78 is 5.17. The Hall–Kier alpha value is -3.32. The van der Waals surface area contributed by atoms with Gasteiger partial charge in [-0.1, -0.05) is 17.7 Å². The fraction of sp³-hybridized carbons (Fsp3) is 0.150. The van der Waals surface area contributed by atoms with Crippen LogP contribution in [-0.4, -0.2) is 23.0 Å². The fourth-order valence-corrected chi connectivity index (χ4v) is 2.87. The van der Waals surface area contributed by atoms with Crippen LogP contribution in [0.1, 0.15) is 12.7 Å². The number of carbonyl (C=O) groups is 1. The smallest absolute Gasteiger partial charge is 0.221 e. The minimum absolute atomic E-state index is 0.125. The topological polar surface area (TPSA) is 88.2 Å². The zero-order valence-corrected chi connectivity index (χ0v) is 16.5. The standard InChI is InChI=1S/C20H20ClN5O2/c1-12-22-19(25-15-6-4-5-14(9-15)24-13(2)27)11-20(23-12)26-16-7-8-18(28-3)17(21)10-16/h4-11H,1-3H3,(H,24,27)(H2,22,23,25,26). The van der Waals surface area contributed by atoms with Gasteiger partial charge in [0, 0.05) is 30.1 Å². The van der Waals surface area contributed by atoms with E-state index in [1.807, 2.05) is 37.3 Å². The molecule has 28 heavy (non-hydrogen) atoms. The highest BCUT2D eigenvalue weighted by molar-refractivity contribution is 6.32. The molecule has 1 aromatic heterocycles. The summed E-state index contributed by atoms with van der Waals surface area (Å²) in [6.45, 7) is 3.28. The van der Waals surface area contributed by atoms with Crippen molar-refractivity contribution in [2.45, 2.75) is 13.8 Å². The van der Waals surface area contributed by atoms with Crippen LogP contribution in [0.25, 0.3) is 0 Å². The molecule has 1 heterocycles. The van der Waals surface area contributed by atoms with Crippen molar-refractivity contribution in [1.29, 1.82) is 0 Å². The number of nitrogens with zero attached hydrogens (tertiary/aromatic N) is 2. The Morgan fingerprint density at radius 3 is 2.21 bits per heavy atom. The second kappa shape index (κ2) is 8.58. The number of benzene rings is 2. The van der Waals surface area contributed by atoms with Gasteiger partial charge in [-0.15, -0.1) is 0 Å². The first kappa shape index (κ1) is 19.4. The first-order chi connectivity index (χ1) is 13.4. The third-order valence-corrected chi connectivity index (χ3v) is 4.01. The zero-order chi connectivity index (χ0) is 20.1. The van der Waals surface area contributed by atoms with Gasteiger partial charge in [0.2, 0.25) is 5.91 Å². The SMILES string of the molecule is COc1ccc(Nc2cc(Nc3cccc(NC(C)=O)c3)nc(C)n2)cc1Cl. The van der Waals surface area contributed by atoms with Gasteiger partial charge in [-0.25, -0.2) is 9.97 Å². The summed E-state index contributed by atoms with van der Waals surface area (Å²) in [5.41, 5.74) is 2.28. The van der Waals surface area contributed by atoms with Gasteiger partial charge in [-0.2, -0.15) is 0 Å². The van der Waals surface area contributed by atoms with Gasteiger partial charge in [0.25, 0.3) is 0 Å². The maximum Gasteiger partial charge on any atom is 0.221 e. The molecule has 0 saturated heterocycles. The van der Waals surface area contributed by atoms with Gasteiger partial charge in [0.05, 0.1) is 12.1 Å². The number of hydrogen-bond donors (Lipinski definition) is 3. The minimum Gasteiger partial charge on any atom is -0.495 e. The highest BCUT2D eigenvalue weighted by atomic mass is 35.5. The van der Waals surface area contributed by atoms with Gasteiger partial charge in [0.1, 0.15) is 23.2 Å². The number of amides is 1. The van der Waals surface area contributed by atoms with Crippen molar-refractivity contribution < 1.29 is 9.53 Å². The number of anilines is 5. The Labute approximate surface area is 168 Å². The van der Waals surface area contributed by atoms with Gasteiger partial charge < -0.3 is 20.7 Å². The Morgan fingerprint density at radius 1 is 0.964 bits per heavy atom. The molecule has 0 fully saturated rings. The van der Waals surface area contributed by atoms with Crippen molar-refractivity contribution in [2.24, 2.45) is 0 Å². The molecule has 144 valence electrons. The van der Waals surface area contributed by atoms with Crippen LogP contribution in [0.2, 0.25) is 5.02 Å². The number of aromatic nitrogens is 2. The third-order valence-electron chi connectivity index (χ3n) is 3.72. The fourth-order valence-electron chi connectivity index (χ4n) is 2.61. The number of methoxy groups -OCH3 is 1. The highest BCUT2D eigenvalue weighted by Crippen LogP contribution is 2.29. The summed E-state index contributed by atoms with van der Waals surface area (Å²) in [6, 6.07) is 14.6. The molecule has 3 N–H and O–H groups in total. The van der Waals surface area contributed by atoms with Crippen LogP contribution in [0.4, 0.5) is 28.7 Å². The third kappa shape index (κ3) is 5.11. The predicted octanol–water partition coefficient (Wildman–Crippen LogP) is 4.89. The van der Waals surface area contributed by atoms with Crippen molar-refractivity contribution in [1.82, 2.24) is 9.97 Å². The number of halogens is 1. The molecule has 0 radical (unpaired) electrons. The molecular formula is C20H20ClN5O2. The summed E-state index contributed by atoms with van der Waals surface area (Å²) in [5, 5.41) is 9.70. The molecule has 0 aliphatic rings. The average Bonchev–Trinajstić information content (AvgIpc) is 2.61. The monoisotopic (exact) mass is 397 g/mol. The molecule has 0 unspecified atom stereocenters. The van der Waals surface area contributed by atoms with Crippen LogP contribution in [0.5, 0.6) is 5.75 Å². The lowest BCUT2D eigenvalue weighted by atomic mass is 10.2. The Morgan fingerprint density at radius 2 is 1.61 bits per heavy atom. The van der Waals surface area contributed by atoms with E-state index in [4.69, 9.17) is 16.3 Å². The minimum atomic E-state index is -0.125. The van der Waals surface area contributed by atoms with Gasteiger partial charge in [0.15, 0.2) is 0 Å². The molecular weight excluding hydrogens is 378 g/mol. The molecule has 0 aliphatic carbocycles. The number of carbonyl (C=O) groups excluding carboxylic acids is 1. The maximum absolute atomic E-state index is 11.2. The van der Waals surface area contributed by atoms with Crippen molar-refractivity contribution >= 4 is 46.2 Å². The maximum atomic E-state index is 11.2. The zero-order valence-electron chi connectivity index (χ0n) is 15.7. The lowest BCUT2D eigenvalue weighted by molar-refractivity contribution is -0.114. The van der Waals surface area contributed by atoms with E-state index >= 15 is 0 Å². The van der Waals surface area contributed by atoms with Crippen LogP contribution in [0.3, 0.4) is 0 Å². The van der Waals surface area contributed by atoms with Crippen molar-refractivity contribution in [2.75, 3.05) is 23.1 Å². The molecule has 0 aliphatic heterocycles. The molecule has 1 amide bonds. The van der Waals surface area contributed by atoms with Gasteiger partial charge in [-0.05, 0) is 43.3 Å².